The van der Waals surface area contributed by atoms with Gasteiger partial charge >= 0.3 is 0 Å². The van der Waals surface area contributed by atoms with E-state index < -0.39 is 11.9 Å². The van der Waals surface area contributed by atoms with Gasteiger partial charge in [0.2, 0.25) is 5.91 Å². The number of carbonyl (C=O) groups excluding carboxylic acids is 2. The van der Waals surface area contributed by atoms with Crippen LogP contribution in [-0.2, 0) is 46.7 Å². The SMILES string of the molecule is CCC(C#N)NCl.CCC(N)C(N)=O.CCC=O.IC(I)I.[CH2-]I.[CH3-].[V].[V]. The summed E-state index contributed by atoms with van der Waals surface area (Å²) >= 11 is 13.9. The van der Waals surface area contributed by atoms with Crippen LogP contribution >= 0.6 is 102 Å². The van der Waals surface area contributed by atoms with Crippen molar-refractivity contribution < 1.29 is 46.7 Å². The standard InChI is InChI=1S/C4H7ClN2.C4H10N2O.C3H6O.CHI3.CH2I.CH3.2V/c1-2-4(3-6)7-5;1-2-3(5)4(6)7;1-2-3-4;2-1(3)4;1-2;;;/h4,7H,2H2,1H3;3H,2,5H2,1H3,(H2,6,7);3H,2H2,1H3;1H;1H2;1H3;;/q;;;;2*-1;;. The van der Waals surface area contributed by atoms with Crippen LogP contribution in [0.4, 0.5) is 0 Å². The Labute approximate surface area is 249 Å². The molecule has 0 rings (SSSR count). The van der Waals surface area contributed by atoms with Crippen molar-refractivity contribution >= 4 is 114 Å². The molecule has 5 N–H and O–H groups in total. The molecule has 0 aliphatic carbocycles. The van der Waals surface area contributed by atoms with Gasteiger partial charge in [0.05, 0.1) is 12.1 Å². The normalized spacial score (nSPS) is 9.26. The van der Waals surface area contributed by atoms with Crippen LogP contribution in [0.3, 0.4) is 0 Å². The summed E-state index contributed by atoms with van der Waals surface area (Å²) in [6.07, 6.45) is 2.88. The molecule has 164 valence electrons. The van der Waals surface area contributed by atoms with Gasteiger partial charge in [-0.15, -0.1) is 0 Å². The molecule has 0 aromatic rings. The van der Waals surface area contributed by atoms with E-state index in [4.69, 9.17) is 28.5 Å². The van der Waals surface area contributed by atoms with E-state index in [0.29, 0.717) is 12.8 Å². The van der Waals surface area contributed by atoms with Gasteiger partial charge in [-0.25, -0.2) is 4.84 Å². The molecule has 0 spiro atoms. The minimum atomic E-state index is -0.458. The first-order valence-corrected chi connectivity index (χ1v) is 12.2. The van der Waals surface area contributed by atoms with E-state index in [9.17, 15) is 9.59 Å². The summed E-state index contributed by atoms with van der Waals surface area (Å²) in [5.74, 6) is -0.428. The van der Waals surface area contributed by atoms with E-state index in [-0.39, 0.29) is 50.6 Å². The average Bonchev–Trinajstić information content (AvgIpc) is 2.57. The van der Waals surface area contributed by atoms with Gasteiger partial charge < -0.3 is 46.3 Å². The summed E-state index contributed by atoms with van der Waals surface area (Å²) in [7, 11) is 0. The van der Waals surface area contributed by atoms with Crippen molar-refractivity contribution in [1.29, 1.82) is 5.26 Å². The molecule has 0 fully saturated rings. The van der Waals surface area contributed by atoms with Crippen LogP contribution < -0.4 is 16.3 Å². The summed E-state index contributed by atoms with van der Waals surface area (Å²) in [5.41, 5.74) is 9.92. The molecule has 0 bridgehead atoms. The number of amides is 1. The van der Waals surface area contributed by atoms with Crippen molar-refractivity contribution in [2.75, 3.05) is 0 Å². The molecule has 2 atom stereocenters. The van der Waals surface area contributed by atoms with Gasteiger partial charge in [0.25, 0.3) is 0 Å². The Hall–Kier alpha value is 2.93. The Balaban J connectivity index is -0.0000000285. The average molecular weight is 930 g/mol. The number of alkyl halides is 3. The van der Waals surface area contributed by atoms with E-state index >= 15 is 0 Å². The smallest absolute Gasteiger partial charge is 0.234 e. The van der Waals surface area contributed by atoms with E-state index in [1.807, 2.05) is 49.4 Å². The fourth-order valence-corrected chi connectivity index (χ4v) is 0.597. The Morgan fingerprint density at radius 1 is 1.22 bits per heavy atom. The zero-order valence-electron chi connectivity index (χ0n) is 15.8. The molecule has 6 nitrogen and oxygen atoms in total. The molecule has 13 heteroatoms. The van der Waals surface area contributed by atoms with Gasteiger partial charge in [-0.2, -0.15) is 5.26 Å². The van der Waals surface area contributed by atoms with Crippen molar-refractivity contribution in [1.82, 2.24) is 4.84 Å². The van der Waals surface area contributed by atoms with Crippen LogP contribution in [0.2, 0.25) is 0 Å². The number of aldehydes is 1. The summed E-state index contributed by atoms with van der Waals surface area (Å²) in [4.78, 5) is 24.7. The predicted octanol–water partition coefficient (Wildman–Crippen LogP) is 5.07. The minimum absolute atomic E-state index is 0. The number of nitrogens with two attached hydrogens (primary N) is 2. The molecule has 0 saturated heterocycles. The summed E-state index contributed by atoms with van der Waals surface area (Å²) in [5, 5.41) is 8.13. The predicted molar refractivity (Wildman–Crippen MR) is 144 cm³/mol. The summed E-state index contributed by atoms with van der Waals surface area (Å²) < 4.78 is 0.743. The zero-order valence-corrected chi connectivity index (χ0v) is 28.0. The second-order valence-electron chi connectivity index (χ2n) is 3.44. The van der Waals surface area contributed by atoms with Crippen molar-refractivity contribution in [2.45, 2.75) is 52.1 Å². The maximum Gasteiger partial charge on any atom is 0.234 e. The van der Waals surface area contributed by atoms with Crippen molar-refractivity contribution in [3.8, 4) is 6.07 Å². The second-order valence-corrected chi connectivity index (χ2v) is 14.5. The van der Waals surface area contributed by atoms with Crippen LogP contribution in [0, 0.1) is 23.7 Å². The fourth-order valence-electron chi connectivity index (χ4n) is 0.394. The maximum atomic E-state index is 10.0. The molecule has 27 heavy (non-hydrogen) atoms. The molecule has 2 unspecified atom stereocenters. The number of hydrogen-bond donors (Lipinski definition) is 3. The molecular weight excluding hydrogens is 901 g/mol. The summed E-state index contributed by atoms with van der Waals surface area (Å²) in [6, 6.07) is 1.31. The minimum Gasteiger partial charge on any atom is -0.368 e. The van der Waals surface area contributed by atoms with Crippen LogP contribution in [0.5, 0.6) is 0 Å². The monoisotopic (exact) mass is 930 g/mol. The number of halogens is 5. The third-order valence-electron chi connectivity index (χ3n) is 1.67. The van der Waals surface area contributed by atoms with Gasteiger partial charge in [-0.3, -0.25) is 9.73 Å². The van der Waals surface area contributed by atoms with Crippen molar-refractivity contribution in [3.05, 3.63) is 12.4 Å². The largest absolute Gasteiger partial charge is 0.368 e. The Bertz CT molecular complexity index is 300. The van der Waals surface area contributed by atoms with E-state index in [1.54, 1.807) is 0 Å². The zero-order chi connectivity index (χ0) is 20.6. The first kappa shape index (κ1) is 52.1. The number of primary amides is 1. The third kappa shape index (κ3) is 82.7. The molecule has 0 saturated carbocycles. The van der Waals surface area contributed by atoms with E-state index in [2.05, 4.69) is 77.5 Å². The number of nitrogens with one attached hydrogen (secondary N) is 1. The number of hydrogen-bond acceptors (Lipinski definition) is 5. The molecular formula is C14H29ClI4N4O2V2-2. The number of nitriles is 1. The van der Waals surface area contributed by atoms with Crippen molar-refractivity contribution in [3.63, 3.8) is 0 Å². The Morgan fingerprint density at radius 2 is 1.52 bits per heavy atom. The fraction of sp³-hybridized carbons (Fsp3) is 0.643. The van der Waals surface area contributed by atoms with Gasteiger partial charge in [-0.1, -0.05) is 88.5 Å². The first-order valence-electron chi connectivity index (χ1n) is 6.61. The third-order valence-corrected chi connectivity index (χ3v) is 1.93. The molecule has 0 aliphatic rings. The number of rotatable bonds is 5. The van der Waals surface area contributed by atoms with Gasteiger partial charge in [0.15, 0.2) is 0 Å². The first-order chi connectivity index (χ1) is 11.2. The molecule has 2 radical (unpaired) electrons. The van der Waals surface area contributed by atoms with Gasteiger partial charge in [0.1, 0.15) is 12.3 Å². The van der Waals surface area contributed by atoms with E-state index in [1.165, 1.54) is 0 Å². The quantitative estimate of drug-likeness (QED) is 0.117. The molecule has 0 aromatic carbocycles. The van der Waals surface area contributed by atoms with Gasteiger partial charge in [-0.05, 0) is 24.6 Å². The number of carbonyl (C=O) groups is 2. The molecule has 0 heterocycles. The van der Waals surface area contributed by atoms with Crippen LogP contribution in [0.25, 0.3) is 0 Å². The topological polar surface area (TPSA) is 122 Å². The second kappa shape index (κ2) is 51.5. The molecule has 0 aliphatic heterocycles. The Kier molecular flexibility index (Phi) is 99.4. The number of nitrogens with zero attached hydrogens (tertiary/aromatic N) is 1. The van der Waals surface area contributed by atoms with Gasteiger partial charge in [0, 0.05) is 43.5 Å². The van der Waals surface area contributed by atoms with Crippen LogP contribution in [-0.4, -0.2) is 24.2 Å². The Morgan fingerprint density at radius 3 is 1.52 bits per heavy atom. The maximum absolute atomic E-state index is 10.0. The van der Waals surface area contributed by atoms with Crippen LogP contribution in [0.1, 0.15) is 40.0 Å². The molecule has 0 aromatic heterocycles. The molecule has 1 amide bonds. The van der Waals surface area contributed by atoms with Crippen LogP contribution in [0.15, 0.2) is 0 Å². The van der Waals surface area contributed by atoms with Crippen molar-refractivity contribution in [2.24, 2.45) is 11.5 Å². The summed E-state index contributed by atoms with van der Waals surface area (Å²) in [6.45, 7) is 5.52. The van der Waals surface area contributed by atoms with E-state index in [0.717, 1.165) is 12.6 Å².